The van der Waals surface area contributed by atoms with Crippen molar-refractivity contribution in [2.75, 3.05) is 11.4 Å². The van der Waals surface area contributed by atoms with Gasteiger partial charge in [0.25, 0.3) is 0 Å². The second-order valence-electron chi connectivity index (χ2n) is 2.42. The highest BCUT2D eigenvalue weighted by atomic mass is 16.2. The molecule has 0 aliphatic heterocycles. The summed E-state index contributed by atoms with van der Waals surface area (Å²) in [4.78, 5) is 12.1. The Morgan fingerprint density at radius 3 is 2.54 bits per heavy atom. The maximum atomic E-state index is 10.9. The molecule has 0 aromatic heterocycles. The lowest BCUT2D eigenvalue weighted by Gasteiger charge is -2.16. The predicted octanol–water partition coefficient (Wildman–Crippen LogP) is 1.10. The molecule has 0 atom stereocenters. The topological polar surface area (TPSA) is 70.1 Å². The van der Waals surface area contributed by atoms with Gasteiger partial charge in [-0.15, -0.1) is 0 Å². The summed E-state index contributed by atoms with van der Waals surface area (Å²) in [7, 11) is 0. The van der Waals surface area contributed by atoms with Gasteiger partial charge in [-0.25, -0.2) is 4.79 Å². The molecule has 0 heterocycles. The molecular weight excluding hydrogens is 166 g/mol. The molecule has 4 heteroatoms. The number of nitrogens with zero attached hydrogens (tertiary/aromatic N) is 2. The molecule has 0 fully saturated rings. The predicted molar refractivity (Wildman–Crippen MR) is 49.0 cm³/mol. The zero-order chi connectivity index (χ0) is 9.68. The second kappa shape index (κ2) is 4.12. The number of hydrogen-bond acceptors (Lipinski definition) is 2. The number of nitrogens with two attached hydrogens (primary N) is 1. The molecule has 1 aromatic carbocycles. The van der Waals surface area contributed by atoms with Crippen molar-refractivity contribution in [2.45, 2.75) is 0 Å². The van der Waals surface area contributed by atoms with Gasteiger partial charge in [0, 0.05) is 5.69 Å². The Bertz CT molecular complexity index is 328. The highest BCUT2D eigenvalue weighted by Gasteiger charge is 2.09. The summed E-state index contributed by atoms with van der Waals surface area (Å²) in [6.45, 7) is -0.0284. The highest BCUT2D eigenvalue weighted by molar-refractivity contribution is 5.90. The van der Waals surface area contributed by atoms with Gasteiger partial charge in [0.05, 0.1) is 6.07 Å². The fourth-order valence-corrected chi connectivity index (χ4v) is 0.975. The summed E-state index contributed by atoms with van der Waals surface area (Å²) in [5, 5.41) is 8.45. The number of primary amides is 1. The van der Waals surface area contributed by atoms with Crippen LogP contribution in [0.3, 0.4) is 0 Å². The van der Waals surface area contributed by atoms with Crippen LogP contribution in [0, 0.1) is 11.3 Å². The molecule has 4 nitrogen and oxygen atoms in total. The van der Waals surface area contributed by atoms with Crippen LogP contribution in [0.2, 0.25) is 0 Å². The van der Waals surface area contributed by atoms with Gasteiger partial charge in [0.1, 0.15) is 6.54 Å². The van der Waals surface area contributed by atoms with E-state index in [0.717, 1.165) is 0 Å². The fourth-order valence-electron chi connectivity index (χ4n) is 0.975. The molecular formula is C9H9N3O. The van der Waals surface area contributed by atoms with E-state index in [9.17, 15) is 4.79 Å². The van der Waals surface area contributed by atoms with E-state index in [2.05, 4.69) is 0 Å². The number of hydrogen-bond donors (Lipinski definition) is 1. The highest BCUT2D eigenvalue weighted by Crippen LogP contribution is 2.11. The molecule has 2 N–H and O–H groups in total. The lowest BCUT2D eigenvalue weighted by atomic mass is 10.3. The number of urea groups is 1. The van der Waals surface area contributed by atoms with E-state index in [1.54, 1.807) is 24.3 Å². The van der Waals surface area contributed by atoms with Gasteiger partial charge >= 0.3 is 6.03 Å². The third-order valence-electron chi connectivity index (χ3n) is 1.56. The molecule has 0 unspecified atom stereocenters. The average Bonchev–Trinajstić information content (AvgIpc) is 2.15. The molecule has 0 radical (unpaired) electrons. The molecule has 66 valence electrons. The van der Waals surface area contributed by atoms with Crippen molar-refractivity contribution in [1.82, 2.24) is 0 Å². The quantitative estimate of drug-likeness (QED) is 0.683. The smallest absolute Gasteiger partial charge is 0.320 e. The number of nitriles is 1. The van der Waals surface area contributed by atoms with Crippen LogP contribution >= 0.6 is 0 Å². The number of benzene rings is 1. The zero-order valence-electron chi connectivity index (χ0n) is 6.97. The van der Waals surface area contributed by atoms with Crippen molar-refractivity contribution in [1.29, 1.82) is 5.26 Å². The first kappa shape index (κ1) is 9.07. The number of amides is 2. The minimum Gasteiger partial charge on any atom is -0.351 e. The van der Waals surface area contributed by atoms with E-state index in [-0.39, 0.29) is 6.54 Å². The Morgan fingerprint density at radius 2 is 2.08 bits per heavy atom. The fraction of sp³-hybridized carbons (Fsp3) is 0.111. The van der Waals surface area contributed by atoms with Crippen molar-refractivity contribution < 1.29 is 4.79 Å². The molecule has 0 spiro atoms. The van der Waals surface area contributed by atoms with Gasteiger partial charge in [0.2, 0.25) is 0 Å². The Labute approximate surface area is 76.2 Å². The van der Waals surface area contributed by atoms with E-state index in [4.69, 9.17) is 11.0 Å². The standard InChI is InChI=1S/C9H9N3O/c10-6-7-12(9(11)13)8-4-2-1-3-5-8/h1-5H,7H2,(H2,11,13). The number of carbonyl (C=O) groups is 1. The summed E-state index contributed by atoms with van der Waals surface area (Å²) >= 11 is 0. The Balaban J connectivity index is 2.90. The van der Waals surface area contributed by atoms with E-state index in [1.807, 2.05) is 12.1 Å². The van der Waals surface area contributed by atoms with Crippen LogP contribution in [-0.2, 0) is 0 Å². The third kappa shape index (κ3) is 2.20. The van der Waals surface area contributed by atoms with Gasteiger partial charge in [-0.05, 0) is 12.1 Å². The zero-order valence-corrected chi connectivity index (χ0v) is 6.97. The summed E-state index contributed by atoms with van der Waals surface area (Å²) in [6.07, 6.45) is 0. The number of anilines is 1. The summed E-state index contributed by atoms with van der Waals surface area (Å²) in [5.74, 6) is 0. The second-order valence-corrected chi connectivity index (χ2v) is 2.42. The molecule has 0 aliphatic rings. The van der Waals surface area contributed by atoms with Crippen molar-refractivity contribution >= 4 is 11.7 Å². The van der Waals surface area contributed by atoms with E-state index in [1.165, 1.54) is 4.90 Å². The SMILES string of the molecule is N#CCN(C(N)=O)c1ccccc1. The molecule has 1 rings (SSSR count). The third-order valence-corrected chi connectivity index (χ3v) is 1.56. The Hall–Kier alpha value is -2.02. The van der Waals surface area contributed by atoms with Gasteiger partial charge in [-0.3, -0.25) is 4.90 Å². The maximum Gasteiger partial charge on any atom is 0.320 e. The Morgan fingerprint density at radius 1 is 1.46 bits per heavy atom. The van der Waals surface area contributed by atoms with Crippen molar-refractivity contribution in [2.24, 2.45) is 5.73 Å². The molecule has 0 aliphatic carbocycles. The van der Waals surface area contributed by atoms with Crippen LogP contribution in [-0.4, -0.2) is 12.6 Å². The van der Waals surface area contributed by atoms with Crippen LogP contribution in [0.5, 0.6) is 0 Å². The first-order valence-corrected chi connectivity index (χ1v) is 3.74. The lowest BCUT2D eigenvalue weighted by molar-refractivity contribution is 0.254. The Kier molecular flexibility index (Phi) is 2.87. The first-order valence-electron chi connectivity index (χ1n) is 3.74. The lowest BCUT2D eigenvalue weighted by Crippen LogP contribution is -2.35. The number of para-hydroxylation sites is 1. The van der Waals surface area contributed by atoms with Crippen molar-refractivity contribution in [3.63, 3.8) is 0 Å². The number of rotatable bonds is 2. The van der Waals surface area contributed by atoms with Crippen molar-refractivity contribution in [3.05, 3.63) is 30.3 Å². The summed E-state index contributed by atoms with van der Waals surface area (Å²) in [5.41, 5.74) is 5.73. The van der Waals surface area contributed by atoms with Gasteiger partial charge in [0.15, 0.2) is 0 Å². The van der Waals surface area contributed by atoms with Crippen LogP contribution in [0.15, 0.2) is 30.3 Å². The van der Waals surface area contributed by atoms with Crippen LogP contribution in [0.1, 0.15) is 0 Å². The van der Waals surface area contributed by atoms with E-state index in [0.29, 0.717) is 5.69 Å². The average molecular weight is 175 g/mol. The largest absolute Gasteiger partial charge is 0.351 e. The van der Waals surface area contributed by atoms with Crippen LogP contribution < -0.4 is 10.6 Å². The van der Waals surface area contributed by atoms with Gasteiger partial charge in [-0.2, -0.15) is 5.26 Å². The minimum absolute atomic E-state index is 0.0284. The number of carbonyl (C=O) groups excluding carboxylic acids is 1. The molecule has 13 heavy (non-hydrogen) atoms. The molecule has 0 bridgehead atoms. The molecule has 0 saturated carbocycles. The maximum absolute atomic E-state index is 10.9. The van der Waals surface area contributed by atoms with Crippen molar-refractivity contribution in [3.8, 4) is 6.07 Å². The normalized spacial score (nSPS) is 8.85. The molecule has 1 aromatic rings. The van der Waals surface area contributed by atoms with Gasteiger partial charge in [-0.1, -0.05) is 18.2 Å². The molecule has 0 saturated heterocycles. The van der Waals surface area contributed by atoms with Crippen LogP contribution in [0.25, 0.3) is 0 Å². The van der Waals surface area contributed by atoms with Gasteiger partial charge < -0.3 is 5.73 Å². The van der Waals surface area contributed by atoms with E-state index >= 15 is 0 Å². The summed E-state index contributed by atoms with van der Waals surface area (Å²) in [6, 6.07) is 10.1. The monoisotopic (exact) mass is 175 g/mol. The van der Waals surface area contributed by atoms with E-state index < -0.39 is 6.03 Å². The molecule has 2 amide bonds. The summed E-state index contributed by atoms with van der Waals surface area (Å²) < 4.78 is 0. The minimum atomic E-state index is -0.618. The first-order chi connectivity index (χ1) is 6.25. The van der Waals surface area contributed by atoms with Crippen LogP contribution in [0.4, 0.5) is 10.5 Å².